The van der Waals surface area contributed by atoms with Crippen LogP contribution >= 0.6 is 10.8 Å². The van der Waals surface area contributed by atoms with E-state index in [4.69, 9.17) is 0 Å². The molecule has 0 unspecified atom stereocenters. The van der Waals surface area contributed by atoms with Crippen LogP contribution in [0.3, 0.4) is 0 Å². The first kappa shape index (κ1) is 31.0. The van der Waals surface area contributed by atoms with Crippen molar-refractivity contribution in [3.8, 4) is 0 Å². The van der Waals surface area contributed by atoms with E-state index in [0.717, 1.165) is 29.7 Å². The van der Waals surface area contributed by atoms with Crippen molar-refractivity contribution in [1.82, 2.24) is 20.4 Å². The molecule has 1 aromatic heterocycles. The lowest BCUT2D eigenvalue weighted by molar-refractivity contribution is 0.0826. The monoisotopic (exact) mass is 587 g/mol. The molecule has 0 aliphatic carbocycles. The summed E-state index contributed by atoms with van der Waals surface area (Å²) in [6.45, 7) is 5.77. The lowest BCUT2D eigenvalue weighted by Gasteiger charge is -2.47. The van der Waals surface area contributed by atoms with Crippen LogP contribution in [0.1, 0.15) is 60.2 Å². The second-order valence-corrected chi connectivity index (χ2v) is 12.7. The van der Waals surface area contributed by atoms with Crippen molar-refractivity contribution in [2.24, 2.45) is 0 Å². The van der Waals surface area contributed by atoms with Gasteiger partial charge in [0.05, 0.1) is 35.3 Å². The molecule has 1 aliphatic rings. The van der Waals surface area contributed by atoms with Gasteiger partial charge >= 0.3 is 0 Å². The molecular formula is C30H42FN5O4S. The van der Waals surface area contributed by atoms with Gasteiger partial charge in [-0.15, -0.1) is 10.8 Å². The highest BCUT2D eigenvalue weighted by Gasteiger charge is 2.32. The van der Waals surface area contributed by atoms with Crippen LogP contribution in [0.5, 0.6) is 0 Å². The van der Waals surface area contributed by atoms with Gasteiger partial charge < -0.3 is 15.7 Å². The average molecular weight is 588 g/mol. The zero-order chi connectivity index (χ0) is 29.4. The van der Waals surface area contributed by atoms with Crippen LogP contribution in [0.2, 0.25) is 0 Å². The largest absolute Gasteiger partial charge is 0.390 e. The van der Waals surface area contributed by atoms with Gasteiger partial charge in [0.1, 0.15) is 0 Å². The number of aliphatic hydroxyl groups excluding tert-OH is 1. The molecule has 1 amide bonds. The van der Waals surface area contributed by atoms with E-state index >= 15 is 4.39 Å². The predicted molar refractivity (Wildman–Crippen MR) is 162 cm³/mol. The Balaban J connectivity index is 1.56. The summed E-state index contributed by atoms with van der Waals surface area (Å²) < 4.78 is 40.5. The number of aromatic nitrogens is 2. The number of carbonyl (C=O) groups excluding carboxylic acids is 1. The van der Waals surface area contributed by atoms with E-state index in [1.165, 1.54) is 10.4 Å². The summed E-state index contributed by atoms with van der Waals surface area (Å²) in [5.74, 6) is -1.27. The fourth-order valence-electron chi connectivity index (χ4n) is 5.11. The lowest BCUT2D eigenvalue weighted by atomic mass is 9.99. The number of halogens is 1. The van der Waals surface area contributed by atoms with E-state index in [1.54, 1.807) is 12.3 Å². The third kappa shape index (κ3) is 8.08. The zero-order valence-electron chi connectivity index (χ0n) is 23.8. The Kier molecular flexibility index (Phi) is 10.8. The van der Waals surface area contributed by atoms with Gasteiger partial charge in [-0.05, 0) is 55.9 Å². The molecule has 2 heterocycles. The maximum absolute atomic E-state index is 16.0. The summed E-state index contributed by atoms with van der Waals surface area (Å²) in [7, 11) is -3.18. The number of aliphatic hydroxyl groups is 1. The van der Waals surface area contributed by atoms with Crippen LogP contribution in [0.25, 0.3) is 0 Å². The molecule has 4 rings (SSSR count). The maximum atomic E-state index is 16.0. The summed E-state index contributed by atoms with van der Waals surface area (Å²) in [5, 5.41) is 21.5. The van der Waals surface area contributed by atoms with Crippen molar-refractivity contribution in [2.45, 2.75) is 71.2 Å². The number of aryl methyl sites for hydroxylation is 2. The molecule has 3 aromatic rings. The van der Waals surface area contributed by atoms with E-state index in [0.29, 0.717) is 38.8 Å². The quantitative estimate of drug-likeness (QED) is 0.196. The Bertz CT molecular complexity index is 1290. The fourth-order valence-corrected chi connectivity index (χ4v) is 6.79. The lowest BCUT2D eigenvalue weighted by Crippen LogP contribution is -2.49. The molecular weight excluding hydrogens is 545 g/mol. The van der Waals surface area contributed by atoms with Crippen LogP contribution in [0.15, 0.2) is 54.9 Å². The zero-order valence-corrected chi connectivity index (χ0v) is 24.6. The molecule has 41 heavy (non-hydrogen) atoms. The van der Waals surface area contributed by atoms with Crippen molar-refractivity contribution < 1.29 is 23.4 Å². The first-order valence-electron chi connectivity index (χ1n) is 14.3. The van der Waals surface area contributed by atoms with Gasteiger partial charge in [0.2, 0.25) is 0 Å². The van der Waals surface area contributed by atoms with E-state index in [9.17, 15) is 19.0 Å². The van der Waals surface area contributed by atoms with E-state index in [-0.39, 0.29) is 23.5 Å². The third-order valence-electron chi connectivity index (χ3n) is 7.32. The SMILES string of the molecule is CCCc1cc(C(=O)N[C@@H](Cc2ccccc2)[C@@H](O)CNCc2cnn(CC)c2)c(F)c(N2CCCCS2(O)O)c1. The van der Waals surface area contributed by atoms with Gasteiger partial charge in [0.25, 0.3) is 5.91 Å². The molecule has 11 heteroatoms. The summed E-state index contributed by atoms with van der Waals surface area (Å²) in [6.07, 6.45) is 5.82. The van der Waals surface area contributed by atoms with Gasteiger partial charge in [-0.2, -0.15) is 5.10 Å². The van der Waals surface area contributed by atoms with Crippen molar-refractivity contribution in [3.05, 3.63) is 82.9 Å². The number of benzene rings is 2. The molecule has 2 aromatic carbocycles. The van der Waals surface area contributed by atoms with Crippen LogP contribution in [0.4, 0.5) is 10.1 Å². The predicted octanol–water partition coefficient (Wildman–Crippen LogP) is 4.75. The highest BCUT2D eigenvalue weighted by Crippen LogP contribution is 2.50. The number of rotatable bonds is 13. The second kappa shape index (κ2) is 14.3. The van der Waals surface area contributed by atoms with E-state index in [1.807, 2.05) is 55.1 Å². The van der Waals surface area contributed by atoms with Crippen LogP contribution in [-0.4, -0.2) is 60.9 Å². The molecule has 1 fully saturated rings. The molecule has 0 saturated carbocycles. The Hall–Kier alpha value is -2.96. The van der Waals surface area contributed by atoms with Crippen LogP contribution < -0.4 is 14.9 Å². The van der Waals surface area contributed by atoms with Crippen molar-refractivity contribution in [3.63, 3.8) is 0 Å². The Morgan fingerprint density at radius 2 is 1.90 bits per heavy atom. The Morgan fingerprint density at radius 1 is 1.12 bits per heavy atom. The highest BCUT2D eigenvalue weighted by atomic mass is 32.3. The summed E-state index contributed by atoms with van der Waals surface area (Å²) in [4.78, 5) is 13.6. The second-order valence-electron chi connectivity index (χ2n) is 10.5. The molecule has 224 valence electrons. The number of carbonyl (C=O) groups is 1. The van der Waals surface area contributed by atoms with Gasteiger partial charge in [0, 0.05) is 37.9 Å². The number of hydrogen-bond donors (Lipinski definition) is 5. The molecule has 9 nitrogen and oxygen atoms in total. The number of hydrogen-bond acceptors (Lipinski definition) is 7. The molecule has 0 radical (unpaired) electrons. The van der Waals surface area contributed by atoms with Crippen LogP contribution in [-0.2, 0) is 25.9 Å². The summed E-state index contributed by atoms with van der Waals surface area (Å²) in [6, 6.07) is 12.0. The standard InChI is InChI=1S/C30H42FN5O4S/c1-3-10-23-15-25(29(31)27(17-23)36-13-8-9-14-41(36,39)40)30(38)34-26(16-22-11-6-5-7-12-22)28(37)20-32-18-24-19-33-35(4-2)21-24/h5-7,11-12,15,17,19,21,26,28,32,37,39-40H,3-4,8-10,13-14,16,18,20H2,1-2H3,(H,34,38)/t26-,28-/m0/s1. The minimum Gasteiger partial charge on any atom is -0.390 e. The van der Waals surface area contributed by atoms with Crippen molar-refractivity contribution >= 4 is 22.4 Å². The maximum Gasteiger partial charge on any atom is 0.254 e. The van der Waals surface area contributed by atoms with Crippen molar-refractivity contribution in [2.75, 3.05) is 23.1 Å². The van der Waals surface area contributed by atoms with Gasteiger partial charge in [-0.25, -0.2) is 4.39 Å². The third-order valence-corrected chi connectivity index (χ3v) is 9.24. The molecule has 1 aliphatic heterocycles. The minimum atomic E-state index is -3.18. The van der Waals surface area contributed by atoms with E-state index < -0.39 is 34.6 Å². The summed E-state index contributed by atoms with van der Waals surface area (Å²) in [5.41, 5.74) is 2.51. The molecule has 5 N–H and O–H groups in total. The molecule has 0 bridgehead atoms. The smallest absolute Gasteiger partial charge is 0.254 e. The molecule has 1 saturated heterocycles. The fraction of sp³-hybridized carbons (Fsp3) is 0.467. The number of anilines is 1. The molecule has 0 spiro atoms. The Labute approximate surface area is 243 Å². The van der Waals surface area contributed by atoms with Gasteiger partial charge in [-0.1, -0.05) is 43.7 Å². The number of nitrogens with zero attached hydrogens (tertiary/aromatic N) is 3. The Morgan fingerprint density at radius 3 is 2.59 bits per heavy atom. The normalized spacial score (nSPS) is 17.2. The van der Waals surface area contributed by atoms with Gasteiger partial charge in [-0.3, -0.25) is 22.9 Å². The highest BCUT2D eigenvalue weighted by molar-refractivity contribution is 8.25. The van der Waals surface area contributed by atoms with Gasteiger partial charge in [0.15, 0.2) is 5.82 Å². The molecule has 2 atom stereocenters. The first-order valence-corrected chi connectivity index (χ1v) is 16.0. The number of nitrogens with one attached hydrogen (secondary N) is 2. The first-order chi connectivity index (χ1) is 19.7. The average Bonchev–Trinajstić information content (AvgIpc) is 3.42. The topological polar surface area (TPSA) is 123 Å². The van der Waals surface area contributed by atoms with E-state index in [2.05, 4.69) is 15.7 Å². The van der Waals surface area contributed by atoms with Crippen LogP contribution in [0, 0.1) is 5.82 Å². The minimum absolute atomic E-state index is 0.0373. The summed E-state index contributed by atoms with van der Waals surface area (Å²) >= 11 is 0. The number of amides is 1. The van der Waals surface area contributed by atoms with Crippen molar-refractivity contribution in [1.29, 1.82) is 0 Å².